The van der Waals surface area contributed by atoms with E-state index in [1.54, 1.807) is 203 Å². The first-order valence-electron chi connectivity index (χ1n) is 26.2. The van der Waals surface area contributed by atoms with Crippen molar-refractivity contribution in [3.8, 4) is 0 Å². The van der Waals surface area contributed by atoms with Gasteiger partial charge >= 0.3 is 0 Å². The first-order valence-corrected chi connectivity index (χ1v) is 35.9. The quantitative estimate of drug-likeness (QED) is 0.0200. The van der Waals surface area contributed by atoms with Crippen molar-refractivity contribution < 1.29 is 120 Å². The lowest BCUT2D eigenvalue weighted by molar-refractivity contribution is -0.131. The molecule has 3 aromatic carbocycles. The van der Waals surface area contributed by atoms with E-state index in [0.717, 1.165) is 4.90 Å². The van der Waals surface area contributed by atoms with Gasteiger partial charge in [0.05, 0.1) is 130 Å². The van der Waals surface area contributed by atoms with Crippen LogP contribution in [0.15, 0.2) is 0 Å². The normalized spacial score (nSPS) is 14.3. The number of anilines is 3. The average Bonchev–Trinajstić information content (AvgIpc) is 0.785. The third-order valence-corrected chi connectivity index (χ3v) is 22.2. The maximum Gasteiger partial charge on any atom is 0.256 e. The molecule has 0 aliphatic carbocycles. The topological polar surface area (TPSA) is 557 Å². The van der Waals surface area contributed by atoms with Gasteiger partial charge in [-0.05, 0) is 210 Å². The Morgan fingerprint density at radius 1 is 0.326 bits per heavy atom. The molecule has 512 valence electrons. The highest BCUT2D eigenvalue weighted by Crippen LogP contribution is 2.39. The van der Waals surface area contributed by atoms with Crippen LogP contribution < -0.4 is 42.5 Å². The molecular formula is C50H60I9N9O24. The number of nitrogens with one attached hydrogen (secondary N) is 8. The van der Waals surface area contributed by atoms with Crippen molar-refractivity contribution in [1.82, 2.24) is 31.5 Å². The molecule has 0 radical (unpaired) electrons. The Morgan fingerprint density at radius 2 is 0.576 bits per heavy atom. The van der Waals surface area contributed by atoms with Crippen molar-refractivity contribution in [2.45, 2.75) is 61.4 Å². The number of aliphatic hydroxyl groups excluding tert-OH is 15. The molecule has 0 spiro atoms. The number of rotatable bonds is 34. The lowest BCUT2D eigenvalue weighted by Crippen LogP contribution is -2.42. The number of amides is 9. The number of hydrogen-bond donors (Lipinski definition) is 23. The zero-order chi connectivity index (χ0) is 69.9. The van der Waals surface area contributed by atoms with Crippen LogP contribution in [0.25, 0.3) is 0 Å². The lowest BCUT2D eigenvalue weighted by Gasteiger charge is -2.27. The fraction of sp³-hybridized carbons (Fsp3) is 0.460. The van der Waals surface area contributed by atoms with E-state index in [1.807, 2.05) is 0 Å². The molecule has 0 fully saturated rings. The predicted octanol–water partition coefficient (Wildman–Crippen LogP) is -3.97. The van der Waals surface area contributed by atoms with Crippen molar-refractivity contribution in [3.05, 3.63) is 65.5 Å². The molecule has 9 unspecified atom stereocenters. The first-order chi connectivity index (χ1) is 43.1. The predicted molar refractivity (Wildman–Crippen MR) is 398 cm³/mol. The third-order valence-electron chi connectivity index (χ3n) is 12.5. The fourth-order valence-corrected chi connectivity index (χ4v) is 20.7. The van der Waals surface area contributed by atoms with Gasteiger partial charge in [0.1, 0.15) is 18.3 Å². The van der Waals surface area contributed by atoms with Crippen molar-refractivity contribution in [2.75, 3.05) is 101 Å². The number of hydrogen-bond acceptors (Lipinski definition) is 24. The number of carbonyl (C=O) groups is 9. The Morgan fingerprint density at radius 3 is 0.848 bits per heavy atom. The summed E-state index contributed by atoms with van der Waals surface area (Å²) in [6.07, 6.45) is -17.1. The molecule has 42 heteroatoms. The first kappa shape index (κ1) is 85.1. The molecule has 9 amide bonds. The monoisotopic (exact) mass is 2310 g/mol. The van der Waals surface area contributed by atoms with Gasteiger partial charge in [-0.1, -0.05) is 0 Å². The van der Waals surface area contributed by atoms with E-state index in [2.05, 4.69) is 42.5 Å². The summed E-state index contributed by atoms with van der Waals surface area (Å²) in [5.74, 6) is -9.41. The van der Waals surface area contributed by atoms with Crippen molar-refractivity contribution >= 4 is 274 Å². The van der Waals surface area contributed by atoms with Crippen LogP contribution in [0.2, 0.25) is 0 Å². The van der Waals surface area contributed by atoms with E-state index in [0.29, 0.717) is 0 Å². The van der Waals surface area contributed by atoms with Crippen LogP contribution in [-0.2, 0) is 14.4 Å². The van der Waals surface area contributed by atoms with Gasteiger partial charge in [0.25, 0.3) is 53.2 Å². The van der Waals surface area contributed by atoms with Crippen molar-refractivity contribution in [3.63, 3.8) is 0 Å². The van der Waals surface area contributed by atoms with Gasteiger partial charge in [0.2, 0.25) is 0 Å². The van der Waals surface area contributed by atoms with Gasteiger partial charge in [0.15, 0.2) is 18.3 Å². The highest BCUT2D eigenvalue weighted by Gasteiger charge is 2.36. The molecule has 0 aliphatic rings. The summed E-state index contributed by atoms with van der Waals surface area (Å²) in [7, 11) is 0. The van der Waals surface area contributed by atoms with Gasteiger partial charge in [-0.3, -0.25) is 43.2 Å². The molecule has 33 nitrogen and oxygen atoms in total. The summed E-state index contributed by atoms with van der Waals surface area (Å²) in [6.45, 7) is -8.55. The lowest BCUT2D eigenvalue weighted by atomic mass is 10.1. The summed E-state index contributed by atoms with van der Waals surface area (Å²) in [4.78, 5) is 127. The number of aliphatic hydroxyl groups is 15. The van der Waals surface area contributed by atoms with Crippen LogP contribution in [0.4, 0.5) is 17.1 Å². The van der Waals surface area contributed by atoms with Crippen LogP contribution in [0.5, 0.6) is 0 Å². The fourth-order valence-electron chi connectivity index (χ4n) is 7.44. The summed E-state index contributed by atoms with van der Waals surface area (Å²) >= 11 is 15.0. The maximum absolute atomic E-state index is 15.4. The average molecular weight is 2310 g/mol. The summed E-state index contributed by atoms with van der Waals surface area (Å²) in [6, 6.07) is 0. The van der Waals surface area contributed by atoms with Crippen molar-refractivity contribution in [1.29, 1.82) is 0 Å². The molecule has 0 saturated heterocycles. The van der Waals surface area contributed by atoms with Gasteiger partial charge in [-0.15, -0.1) is 0 Å². The SMILES string of the molecule is O=C(NCCCN(CCNC(=O)c1c(I)c(NC(=O)C(O)C(O)CO)c(I)c(C(=O)NCC(O)CO)c1I)C(=O)c1c(I)c(NC(=O)C(O)C(O)CO)c(I)c(C(=O)NCC(O)CO)c1I)c1c(I)c(NC(=O)C(O)C(O)CO)c(I)c(C(=O)NCC(O)CO)c1I. The van der Waals surface area contributed by atoms with Crippen LogP contribution >= 0.6 is 203 Å². The van der Waals surface area contributed by atoms with Crippen molar-refractivity contribution in [2.24, 2.45) is 0 Å². The van der Waals surface area contributed by atoms with Crippen LogP contribution in [0.1, 0.15) is 68.6 Å². The molecule has 0 aromatic heterocycles. The molecule has 92 heavy (non-hydrogen) atoms. The Hall–Kier alpha value is -1.14. The smallest absolute Gasteiger partial charge is 0.256 e. The minimum absolute atomic E-state index is 0.00326. The third kappa shape index (κ3) is 22.4. The Kier molecular flexibility index (Phi) is 37.7. The number of benzene rings is 3. The van der Waals surface area contributed by atoms with Gasteiger partial charge in [-0.2, -0.15) is 0 Å². The number of carbonyl (C=O) groups excluding carboxylic acids is 9. The van der Waals surface area contributed by atoms with Crippen LogP contribution in [0.3, 0.4) is 0 Å². The van der Waals surface area contributed by atoms with Gasteiger partial charge in [-0.25, -0.2) is 0 Å². The highest BCUT2D eigenvalue weighted by atomic mass is 127. The van der Waals surface area contributed by atoms with Gasteiger partial charge in [0, 0.05) is 56.5 Å². The second-order valence-corrected chi connectivity index (χ2v) is 28.8. The minimum atomic E-state index is -2.26. The summed E-state index contributed by atoms with van der Waals surface area (Å²) in [5.41, 5.74) is -2.34. The largest absolute Gasteiger partial charge is 0.394 e. The standard InChI is InChI=1S/C50H60I9N9O24/c51-27-21(30(54)36(65-47(89)39(81)18(78)12-72)32(56)23(27)44(86)62-6-15(75)9-69)42(84)60-2-1-4-68(50(92)26-29(53)25(46(88)64-8-17(77)11-71)34(58)38(35(26)59)67-49(91)41(83)20(80)14-74)5-3-61-43(85)22-28(52)24(45(87)63-7-16(76)10-70)33(57)37(31(22)55)66-48(90)40(82)19(79)13-73/h15-20,39-41,69-83H,1-14H2,(H,60,84)(H,61,85)(H,62,86)(H,63,87)(H,64,88)(H,65,89)(H,66,90)(H,67,91). The van der Waals surface area contributed by atoms with E-state index in [4.69, 9.17) is 0 Å². The second-order valence-electron chi connectivity index (χ2n) is 19.0. The molecule has 3 aromatic rings. The molecule has 3 rings (SSSR count). The van der Waals surface area contributed by atoms with Gasteiger partial charge < -0.3 is 124 Å². The summed E-state index contributed by atoms with van der Waals surface area (Å²) < 4.78 is -0.367. The zero-order valence-corrected chi connectivity index (χ0v) is 66.2. The maximum atomic E-state index is 15.4. The Labute approximate surface area is 644 Å². The Bertz CT molecular complexity index is 3240. The van der Waals surface area contributed by atoms with E-state index in [9.17, 15) is 115 Å². The molecule has 23 N–H and O–H groups in total. The molecular weight excluding hydrogens is 2250 g/mol. The molecule has 0 bridgehead atoms. The van der Waals surface area contributed by atoms with E-state index in [1.165, 1.54) is 0 Å². The summed E-state index contributed by atoms with van der Waals surface area (Å²) in [5, 5.41) is 168. The second kappa shape index (κ2) is 40.8. The highest BCUT2D eigenvalue weighted by molar-refractivity contribution is 14.1. The van der Waals surface area contributed by atoms with E-state index >= 15 is 4.79 Å². The van der Waals surface area contributed by atoms with E-state index in [-0.39, 0.29) is 102 Å². The van der Waals surface area contributed by atoms with E-state index < -0.39 is 180 Å². The zero-order valence-electron chi connectivity index (χ0n) is 46.8. The number of nitrogens with zero attached hydrogens (tertiary/aromatic N) is 1. The number of halogens is 9. The molecule has 0 aliphatic heterocycles. The molecule has 9 atom stereocenters. The Balaban J connectivity index is 2.30. The molecule has 0 heterocycles. The van der Waals surface area contributed by atoms with Crippen LogP contribution in [0, 0.1) is 32.1 Å². The van der Waals surface area contributed by atoms with Crippen LogP contribution in [-0.4, -0.2) is 275 Å². The minimum Gasteiger partial charge on any atom is -0.394 e. The molecule has 0 saturated carbocycles.